The van der Waals surface area contributed by atoms with E-state index < -0.39 is 0 Å². The second-order valence-electron chi connectivity index (χ2n) is 7.00. The van der Waals surface area contributed by atoms with Crippen molar-refractivity contribution < 1.29 is 9.18 Å². The molecule has 3 N–H and O–H groups in total. The van der Waals surface area contributed by atoms with Gasteiger partial charge in [-0.1, -0.05) is 0 Å². The number of anilines is 1. The quantitative estimate of drug-likeness (QED) is 0.677. The fourth-order valence-electron chi connectivity index (χ4n) is 3.22. The molecule has 1 aromatic heterocycles. The summed E-state index contributed by atoms with van der Waals surface area (Å²) in [6, 6.07) is 10.7. The summed E-state index contributed by atoms with van der Waals surface area (Å²) in [6.45, 7) is 6.60. The number of nitrogens with two attached hydrogens (primary N) is 1. The number of hydrogen-bond donors (Lipinski definition) is 2. The number of nitrogens with one attached hydrogen (secondary N) is 1. The predicted octanol–water partition coefficient (Wildman–Crippen LogP) is 4.41. The Labute approximate surface area is 158 Å². The zero-order valence-corrected chi connectivity index (χ0v) is 15.9. The van der Waals surface area contributed by atoms with Gasteiger partial charge in [-0.2, -0.15) is 0 Å². The Hall–Kier alpha value is -2.73. The number of aromatic nitrogens is 2. The van der Waals surface area contributed by atoms with E-state index in [1.165, 1.54) is 12.1 Å². The molecule has 0 aliphatic carbocycles. The predicted molar refractivity (Wildman–Crippen MR) is 107 cm³/mol. The molecule has 6 heteroatoms. The Kier molecular flexibility index (Phi) is 5.56. The second-order valence-corrected chi connectivity index (χ2v) is 7.00. The number of benzene rings is 2. The van der Waals surface area contributed by atoms with Crippen molar-refractivity contribution in [2.24, 2.45) is 5.73 Å². The molecule has 0 fully saturated rings. The maximum atomic E-state index is 13.6. The number of halogens is 1. The Balaban J connectivity index is 1.98. The van der Waals surface area contributed by atoms with Crippen molar-refractivity contribution in [3.05, 3.63) is 47.8 Å². The highest BCUT2D eigenvalue weighted by molar-refractivity contribution is 5.92. The van der Waals surface area contributed by atoms with Crippen molar-refractivity contribution in [1.29, 1.82) is 0 Å². The van der Waals surface area contributed by atoms with Gasteiger partial charge in [0.15, 0.2) is 0 Å². The Morgan fingerprint density at radius 1 is 1.26 bits per heavy atom. The van der Waals surface area contributed by atoms with Gasteiger partial charge in [-0.05, 0) is 69.6 Å². The molecule has 0 atom stereocenters. The lowest BCUT2D eigenvalue weighted by atomic mass is 10.1. The van der Waals surface area contributed by atoms with E-state index >= 15 is 0 Å². The molecule has 0 saturated heterocycles. The highest BCUT2D eigenvalue weighted by Crippen LogP contribution is 2.31. The van der Waals surface area contributed by atoms with Gasteiger partial charge in [0.25, 0.3) is 0 Å². The van der Waals surface area contributed by atoms with E-state index in [0.29, 0.717) is 24.9 Å². The van der Waals surface area contributed by atoms with Crippen LogP contribution in [0.25, 0.3) is 22.4 Å². The second kappa shape index (κ2) is 7.88. The molecule has 0 bridgehead atoms. The molecule has 5 nitrogen and oxygen atoms in total. The summed E-state index contributed by atoms with van der Waals surface area (Å²) >= 11 is 0. The van der Waals surface area contributed by atoms with Crippen LogP contribution in [0.4, 0.5) is 10.1 Å². The maximum absolute atomic E-state index is 13.6. The summed E-state index contributed by atoms with van der Waals surface area (Å²) in [4.78, 5) is 16.6. The van der Waals surface area contributed by atoms with E-state index in [2.05, 4.69) is 28.7 Å². The zero-order valence-electron chi connectivity index (χ0n) is 15.9. The summed E-state index contributed by atoms with van der Waals surface area (Å²) in [7, 11) is 0. The Bertz CT molecular complexity index is 978. The van der Waals surface area contributed by atoms with Crippen molar-refractivity contribution in [3.8, 4) is 11.4 Å². The van der Waals surface area contributed by atoms with Gasteiger partial charge in [-0.15, -0.1) is 0 Å². The molecule has 142 valence electrons. The minimum Gasteiger partial charge on any atom is -0.330 e. The van der Waals surface area contributed by atoms with Crippen molar-refractivity contribution in [3.63, 3.8) is 0 Å². The van der Waals surface area contributed by atoms with E-state index in [4.69, 9.17) is 5.73 Å². The van der Waals surface area contributed by atoms with Gasteiger partial charge in [-0.3, -0.25) is 4.79 Å². The smallest absolute Gasteiger partial charge is 0.224 e. The zero-order chi connectivity index (χ0) is 19.6. The van der Waals surface area contributed by atoms with E-state index in [1.807, 2.05) is 25.1 Å². The van der Waals surface area contributed by atoms with Crippen LogP contribution in [-0.2, 0) is 4.79 Å². The van der Waals surface area contributed by atoms with Crippen LogP contribution in [-0.4, -0.2) is 22.0 Å². The van der Waals surface area contributed by atoms with Crippen molar-refractivity contribution >= 4 is 22.6 Å². The average molecular weight is 368 g/mol. The van der Waals surface area contributed by atoms with Crippen LogP contribution in [0.5, 0.6) is 0 Å². The van der Waals surface area contributed by atoms with Crippen LogP contribution in [0, 0.1) is 12.7 Å². The standard InChI is InChI=1S/C21H25FN4O/c1-13(2)26-19-9-7-16(22)12-18(19)25-21(26)15-6-8-17(14(3)11-15)24-20(27)5-4-10-23/h6-9,11-13H,4-5,10,23H2,1-3H3,(H,24,27). The molecule has 1 heterocycles. The molecule has 0 saturated carbocycles. The van der Waals surface area contributed by atoms with Gasteiger partial charge in [0.1, 0.15) is 11.6 Å². The molecular weight excluding hydrogens is 343 g/mol. The lowest BCUT2D eigenvalue weighted by Gasteiger charge is -2.15. The van der Waals surface area contributed by atoms with Crippen molar-refractivity contribution in [2.75, 3.05) is 11.9 Å². The maximum Gasteiger partial charge on any atom is 0.224 e. The van der Waals surface area contributed by atoms with E-state index in [0.717, 1.165) is 28.2 Å². The van der Waals surface area contributed by atoms with Crippen LogP contribution in [0.2, 0.25) is 0 Å². The minimum atomic E-state index is -0.297. The van der Waals surface area contributed by atoms with Gasteiger partial charge in [0.05, 0.1) is 11.0 Å². The first-order chi connectivity index (χ1) is 12.9. The number of carbonyl (C=O) groups is 1. The number of fused-ring (bicyclic) bond motifs is 1. The third kappa shape index (κ3) is 4.01. The summed E-state index contributed by atoms with van der Waals surface area (Å²) in [5.74, 6) is 0.449. The number of nitrogens with zero attached hydrogens (tertiary/aromatic N) is 2. The SMILES string of the molecule is Cc1cc(-c2nc3cc(F)ccc3n2C(C)C)ccc1NC(=O)CCCN. The highest BCUT2D eigenvalue weighted by atomic mass is 19.1. The largest absolute Gasteiger partial charge is 0.330 e. The van der Waals surface area contributed by atoms with Gasteiger partial charge in [0.2, 0.25) is 5.91 Å². The van der Waals surface area contributed by atoms with Crippen LogP contribution in [0.1, 0.15) is 38.3 Å². The molecule has 0 unspecified atom stereocenters. The molecule has 0 radical (unpaired) electrons. The molecular formula is C21H25FN4O. The molecule has 0 aliphatic rings. The van der Waals surface area contributed by atoms with E-state index in [1.54, 1.807) is 6.07 Å². The number of amides is 1. The fourth-order valence-corrected chi connectivity index (χ4v) is 3.22. The topological polar surface area (TPSA) is 72.9 Å². The minimum absolute atomic E-state index is 0.0406. The van der Waals surface area contributed by atoms with E-state index in [-0.39, 0.29) is 17.8 Å². The molecule has 3 rings (SSSR count). The lowest BCUT2D eigenvalue weighted by molar-refractivity contribution is -0.116. The number of hydrogen-bond acceptors (Lipinski definition) is 3. The summed E-state index contributed by atoms with van der Waals surface area (Å²) in [5.41, 5.74) is 9.64. The summed E-state index contributed by atoms with van der Waals surface area (Å²) < 4.78 is 15.7. The molecule has 0 spiro atoms. The third-order valence-corrected chi connectivity index (χ3v) is 4.53. The van der Waals surface area contributed by atoms with Crippen molar-refractivity contribution in [2.45, 2.75) is 39.7 Å². The first kappa shape index (κ1) is 19.0. The number of imidazole rings is 1. The van der Waals surface area contributed by atoms with Crippen LogP contribution >= 0.6 is 0 Å². The summed E-state index contributed by atoms with van der Waals surface area (Å²) in [5, 5.41) is 2.92. The normalized spacial score (nSPS) is 11.3. The van der Waals surface area contributed by atoms with Crippen molar-refractivity contribution in [1.82, 2.24) is 9.55 Å². The van der Waals surface area contributed by atoms with Crippen LogP contribution in [0.15, 0.2) is 36.4 Å². The average Bonchev–Trinajstić information content (AvgIpc) is 3.00. The Morgan fingerprint density at radius 3 is 2.70 bits per heavy atom. The number of rotatable bonds is 6. The van der Waals surface area contributed by atoms with Crippen LogP contribution < -0.4 is 11.1 Å². The summed E-state index contributed by atoms with van der Waals surface area (Å²) in [6.07, 6.45) is 1.07. The monoisotopic (exact) mass is 368 g/mol. The molecule has 2 aromatic carbocycles. The highest BCUT2D eigenvalue weighted by Gasteiger charge is 2.16. The first-order valence-electron chi connectivity index (χ1n) is 9.19. The number of carbonyl (C=O) groups excluding carboxylic acids is 1. The fraction of sp³-hybridized carbons (Fsp3) is 0.333. The van der Waals surface area contributed by atoms with Gasteiger partial charge < -0.3 is 15.6 Å². The first-order valence-corrected chi connectivity index (χ1v) is 9.19. The third-order valence-electron chi connectivity index (χ3n) is 4.53. The molecule has 0 aliphatic heterocycles. The van der Waals surface area contributed by atoms with E-state index in [9.17, 15) is 9.18 Å². The van der Waals surface area contributed by atoms with Gasteiger partial charge >= 0.3 is 0 Å². The molecule has 1 amide bonds. The molecule has 27 heavy (non-hydrogen) atoms. The molecule has 3 aromatic rings. The van der Waals surface area contributed by atoms with Gasteiger partial charge in [0, 0.05) is 29.8 Å². The van der Waals surface area contributed by atoms with Gasteiger partial charge in [-0.25, -0.2) is 9.37 Å². The lowest BCUT2D eigenvalue weighted by Crippen LogP contribution is -2.14. The number of aryl methyl sites for hydroxylation is 1. The van der Waals surface area contributed by atoms with Crippen LogP contribution in [0.3, 0.4) is 0 Å². The Morgan fingerprint density at radius 2 is 2.04 bits per heavy atom.